The average Bonchev–Trinajstić information content (AvgIpc) is 2.28. The van der Waals surface area contributed by atoms with Crippen LogP contribution in [0.1, 0.15) is 26.3 Å². The van der Waals surface area contributed by atoms with E-state index in [1.165, 1.54) is 10.9 Å². The van der Waals surface area contributed by atoms with Gasteiger partial charge in [0.15, 0.2) is 0 Å². The largest absolute Gasteiger partial charge is 0.328 e. The van der Waals surface area contributed by atoms with E-state index in [1.807, 2.05) is 24.3 Å². The van der Waals surface area contributed by atoms with E-state index in [9.17, 15) is 4.79 Å². The van der Waals surface area contributed by atoms with Gasteiger partial charge in [0.2, 0.25) is 6.41 Å². The van der Waals surface area contributed by atoms with Crippen LogP contribution in [0.3, 0.4) is 0 Å². The molecule has 0 spiro atoms. The Morgan fingerprint density at radius 1 is 1.00 bits per heavy atom. The van der Waals surface area contributed by atoms with Gasteiger partial charge < -0.3 is 5.32 Å². The first-order chi connectivity index (χ1) is 8.04. The van der Waals surface area contributed by atoms with E-state index in [0.717, 1.165) is 17.5 Å². The number of hydrogen-bond donors (Lipinski definition) is 1. The molecule has 0 aliphatic carbocycles. The summed E-state index contributed by atoms with van der Waals surface area (Å²) in [6.45, 7) is 6.59. The van der Waals surface area contributed by atoms with Gasteiger partial charge in [0.1, 0.15) is 0 Å². The van der Waals surface area contributed by atoms with Gasteiger partial charge in [-0.05, 0) is 22.4 Å². The molecule has 0 heterocycles. The van der Waals surface area contributed by atoms with Crippen molar-refractivity contribution in [3.8, 4) is 0 Å². The van der Waals surface area contributed by atoms with Crippen LogP contribution in [0.15, 0.2) is 36.4 Å². The predicted octanol–water partition coefficient (Wildman–Crippen LogP) is 3.71. The first kappa shape index (κ1) is 11.6. The van der Waals surface area contributed by atoms with Gasteiger partial charge in [-0.25, -0.2) is 0 Å². The summed E-state index contributed by atoms with van der Waals surface area (Å²) in [7, 11) is 0. The molecule has 0 bridgehead atoms. The summed E-state index contributed by atoms with van der Waals surface area (Å²) in [6, 6.07) is 12.2. The van der Waals surface area contributed by atoms with Crippen molar-refractivity contribution < 1.29 is 4.79 Å². The summed E-state index contributed by atoms with van der Waals surface area (Å²) in [6.07, 6.45) is 0.721. The highest BCUT2D eigenvalue weighted by atomic mass is 16.1. The normalized spacial score (nSPS) is 11.5. The Hall–Kier alpha value is -1.83. The van der Waals surface area contributed by atoms with E-state index in [2.05, 4.69) is 38.2 Å². The summed E-state index contributed by atoms with van der Waals surface area (Å²) in [4.78, 5) is 10.6. The van der Waals surface area contributed by atoms with Crippen molar-refractivity contribution in [2.75, 3.05) is 5.32 Å². The lowest BCUT2D eigenvalue weighted by molar-refractivity contribution is -0.105. The van der Waals surface area contributed by atoms with Gasteiger partial charge in [-0.15, -0.1) is 0 Å². The Balaban J connectivity index is 2.75. The van der Waals surface area contributed by atoms with Gasteiger partial charge in [-0.3, -0.25) is 4.79 Å². The molecular weight excluding hydrogens is 210 g/mol. The molecule has 1 amide bonds. The fourth-order valence-corrected chi connectivity index (χ4v) is 2.14. The Labute approximate surface area is 102 Å². The summed E-state index contributed by atoms with van der Waals surface area (Å²) in [5.74, 6) is 0. The van der Waals surface area contributed by atoms with Crippen molar-refractivity contribution in [2.24, 2.45) is 0 Å². The molecule has 17 heavy (non-hydrogen) atoms. The van der Waals surface area contributed by atoms with Crippen molar-refractivity contribution in [3.63, 3.8) is 0 Å². The van der Waals surface area contributed by atoms with Crippen LogP contribution >= 0.6 is 0 Å². The molecule has 0 fully saturated rings. The van der Waals surface area contributed by atoms with Gasteiger partial charge in [-0.1, -0.05) is 51.1 Å². The zero-order chi connectivity index (χ0) is 12.5. The minimum atomic E-state index is 0.0965. The minimum absolute atomic E-state index is 0.0965. The zero-order valence-corrected chi connectivity index (χ0v) is 10.4. The third kappa shape index (κ3) is 2.16. The van der Waals surface area contributed by atoms with Crippen LogP contribution in [-0.2, 0) is 10.2 Å². The quantitative estimate of drug-likeness (QED) is 0.779. The van der Waals surface area contributed by atoms with E-state index in [1.54, 1.807) is 0 Å². The summed E-state index contributed by atoms with van der Waals surface area (Å²) in [5.41, 5.74) is 2.26. The molecular formula is C15H17NO. The van der Waals surface area contributed by atoms with Crippen LogP contribution in [0.5, 0.6) is 0 Å². The highest BCUT2D eigenvalue weighted by molar-refractivity contribution is 5.99. The fourth-order valence-electron chi connectivity index (χ4n) is 2.14. The van der Waals surface area contributed by atoms with E-state index in [4.69, 9.17) is 0 Å². The monoisotopic (exact) mass is 227 g/mol. The maximum atomic E-state index is 10.6. The van der Waals surface area contributed by atoms with Crippen molar-refractivity contribution in [1.29, 1.82) is 0 Å². The lowest BCUT2D eigenvalue weighted by Crippen LogP contribution is -2.12. The summed E-state index contributed by atoms with van der Waals surface area (Å²) < 4.78 is 0. The zero-order valence-electron chi connectivity index (χ0n) is 10.4. The van der Waals surface area contributed by atoms with Crippen LogP contribution < -0.4 is 5.32 Å². The van der Waals surface area contributed by atoms with Gasteiger partial charge in [-0.2, -0.15) is 0 Å². The SMILES string of the molecule is CC(C)(C)c1ccc(NC=O)c2ccccc12. The molecule has 1 N–H and O–H groups in total. The van der Waals surface area contributed by atoms with Crippen LogP contribution in [-0.4, -0.2) is 6.41 Å². The third-order valence-electron chi connectivity index (χ3n) is 2.95. The molecule has 2 heteroatoms. The minimum Gasteiger partial charge on any atom is -0.328 e. The molecule has 0 atom stereocenters. The molecule has 0 radical (unpaired) electrons. The van der Waals surface area contributed by atoms with E-state index in [-0.39, 0.29) is 5.41 Å². The molecule has 0 saturated heterocycles. The first-order valence-corrected chi connectivity index (χ1v) is 5.76. The number of carbonyl (C=O) groups excluding carboxylic acids is 1. The molecule has 2 aromatic carbocycles. The topological polar surface area (TPSA) is 29.1 Å². The summed E-state index contributed by atoms with van der Waals surface area (Å²) in [5, 5.41) is 5.04. The Kier molecular flexibility index (Phi) is 2.88. The van der Waals surface area contributed by atoms with Crippen molar-refractivity contribution in [3.05, 3.63) is 42.0 Å². The fraction of sp³-hybridized carbons (Fsp3) is 0.267. The van der Waals surface area contributed by atoms with E-state index in [0.29, 0.717) is 0 Å². The highest BCUT2D eigenvalue weighted by Crippen LogP contribution is 2.33. The second-order valence-electron chi connectivity index (χ2n) is 5.22. The third-order valence-corrected chi connectivity index (χ3v) is 2.95. The average molecular weight is 227 g/mol. The van der Waals surface area contributed by atoms with Crippen LogP contribution in [0.4, 0.5) is 5.69 Å². The van der Waals surface area contributed by atoms with Crippen LogP contribution in [0, 0.1) is 0 Å². The number of hydrogen-bond acceptors (Lipinski definition) is 1. The number of benzene rings is 2. The van der Waals surface area contributed by atoms with Crippen molar-refractivity contribution in [2.45, 2.75) is 26.2 Å². The molecule has 0 aliphatic rings. The van der Waals surface area contributed by atoms with Gasteiger partial charge in [0.05, 0.1) is 0 Å². The smallest absolute Gasteiger partial charge is 0.211 e. The Bertz CT molecular complexity index is 552. The number of nitrogens with one attached hydrogen (secondary N) is 1. The Morgan fingerprint density at radius 3 is 2.24 bits per heavy atom. The second kappa shape index (κ2) is 4.21. The van der Waals surface area contributed by atoms with Crippen molar-refractivity contribution >= 4 is 22.9 Å². The predicted molar refractivity (Wildman–Crippen MR) is 72.3 cm³/mol. The van der Waals surface area contributed by atoms with Gasteiger partial charge in [0.25, 0.3) is 0 Å². The molecule has 2 nitrogen and oxygen atoms in total. The number of anilines is 1. The van der Waals surface area contributed by atoms with Gasteiger partial charge >= 0.3 is 0 Å². The highest BCUT2D eigenvalue weighted by Gasteiger charge is 2.17. The maximum absolute atomic E-state index is 10.6. The lowest BCUT2D eigenvalue weighted by atomic mass is 9.83. The molecule has 2 rings (SSSR count). The molecule has 2 aromatic rings. The standard InChI is InChI=1S/C15H17NO/c1-15(2,3)13-8-9-14(16-10-17)12-7-5-4-6-11(12)13/h4-10H,1-3H3,(H,16,17). The van der Waals surface area contributed by atoms with Crippen LogP contribution in [0.2, 0.25) is 0 Å². The van der Waals surface area contributed by atoms with Crippen LogP contribution in [0.25, 0.3) is 10.8 Å². The number of amides is 1. The van der Waals surface area contributed by atoms with Gasteiger partial charge in [0, 0.05) is 11.1 Å². The molecule has 88 valence electrons. The number of rotatable bonds is 2. The maximum Gasteiger partial charge on any atom is 0.211 e. The summed E-state index contributed by atoms with van der Waals surface area (Å²) >= 11 is 0. The first-order valence-electron chi connectivity index (χ1n) is 5.76. The molecule has 0 unspecified atom stereocenters. The second-order valence-corrected chi connectivity index (χ2v) is 5.22. The Morgan fingerprint density at radius 2 is 1.65 bits per heavy atom. The molecule has 0 aromatic heterocycles. The molecule has 0 aliphatic heterocycles. The number of carbonyl (C=O) groups is 1. The van der Waals surface area contributed by atoms with E-state index < -0.39 is 0 Å². The van der Waals surface area contributed by atoms with Crippen molar-refractivity contribution in [1.82, 2.24) is 0 Å². The lowest BCUT2D eigenvalue weighted by Gasteiger charge is -2.22. The molecule has 0 saturated carbocycles. The van der Waals surface area contributed by atoms with E-state index >= 15 is 0 Å². The number of fused-ring (bicyclic) bond motifs is 1.